The monoisotopic (exact) mass is 499 g/mol. The second kappa shape index (κ2) is 10.2. The number of aromatic nitrogens is 2. The van der Waals surface area contributed by atoms with Gasteiger partial charge in [-0.25, -0.2) is 14.6 Å². The SMILES string of the molecule is O=C(CCCNC(=O)NC12CC3CC(CC(C3)C1)C2)CC(C(=O)N1CCCC1C(=O)O)c1cnc[nH]1. The van der Waals surface area contributed by atoms with Crippen LogP contribution in [0.25, 0.3) is 0 Å². The van der Waals surface area contributed by atoms with Gasteiger partial charge in [-0.3, -0.25) is 9.59 Å². The standard InChI is InChI=1S/C26H37N5O5/c32-19(10-20(21-14-27-15-29-21)23(33)31-6-2-4-22(31)24(34)35)3-1-5-28-25(36)30-26-11-16-7-17(12-26)9-18(8-16)13-26/h14-18,20,22H,1-13H2,(H,27,29)(H,34,35)(H2,28,30,36). The maximum Gasteiger partial charge on any atom is 0.326 e. The molecular weight excluding hydrogens is 462 g/mol. The largest absolute Gasteiger partial charge is 0.480 e. The molecule has 2 atom stereocenters. The zero-order valence-electron chi connectivity index (χ0n) is 20.7. The Bertz CT molecular complexity index is 958. The van der Waals surface area contributed by atoms with Crippen LogP contribution in [0.5, 0.6) is 0 Å². The average Bonchev–Trinajstić information content (AvgIpc) is 3.51. The number of likely N-dealkylation sites (tertiary alicyclic amines) is 1. The Labute approximate surface area is 211 Å². The van der Waals surface area contributed by atoms with Crippen LogP contribution in [0.15, 0.2) is 12.5 Å². The third-order valence-electron chi connectivity index (χ3n) is 8.78. The van der Waals surface area contributed by atoms with Crippen LogP contribution in [0.1, 0.15) is 82.2 Å². The number of rotatable bonds is 10. The fourth-order valence-corrected chi connectivity index (χ4v) is 7.64. The number of ketones is 1. The summed E-state index contributed by atoms with van der Waals surface area (Å²) < 4.78 is 0. The predicted molar refractivity (Wildman–Crippen MR) is 130 cm³/mol. The summed E-state index contributed by atoms with van der Waals surface area (Å²) in [5.74, 6) is 0.00623. The zero-order valence-corrected chi connectivity index (χ0v) is 20.7. The number of urea groups is 1. The molecule has 36 heavy (non-hydrogen) atoms. The number of imidazole rings is 1. The highest BCUT2D eigenvalue weighted by Crippen LogP contribution is 2.55. The molecule has 5 fully saturated rings. The van der Waals surface area contributed by atoms with Gasteiger partial charge in [-0.05, 0) is 75.5 Å². The molecule has 10 nitrogen and oxygen atoms in total. The van der Waals surface area contributed by atoms with Gasteiger partial charge in [0.05, 0.1) is 12.2 Å². The van der Waals surface area contributed by atoms with Crippen molar-refractivity contribution in [3.8, 4) is 0 Å². The molecule has 6 rings (SSSR count). The Morgan fingerprint density at radius 1 is 1.14 bits per heavy atom. The first-order chi connectivity index (χ1) is 17.3. The molecule has 5 aliphatic rings. The molecule has 10 heteroatoms. The van der Waals surface area contributed by atoms with E-state index in [2.05, 4.69) is 20.6 Å². The van der Waals surface area contributed by atoms with Crippen LogP contribution in [0.3, 0.4) is 0 Å². The summed E-state index contributed by atoms with van der Waals surface area (Å²) in [6.45, 7) is 0.761. The first-order valence-electron chi connectivity index (χ1n) is 13.4. The summed E-state index contributed by atoms with van der Waals surface area (Å²) in [5, 5.41) is 15.7. The van der Waals surface area contributed by atoms with Gasteiger partial charge in [-0.15, -0.1) is 0 Å². The third-order valence-corrected chi connectivity index (χ3v) is 8.78. The first-order valence-corrected chi connectivity index (χ1v) is 13.4. The van der Waals surface area contributed by atoms with Gasteiger partial charge < -0.3 is 25.6 Å². The van der Waals surface area contributed by atoms with Crippen LogP contribution < -0.4 is 10.6 Å². The molecule has 196 valence electrons. The van der Waals surface area contributed by atoms with Crippen molar-refractivity contribution in [3.63, 3.8) is 0 Å². The zero-order chi connectivity index (χ0) is 25.3. The van der Waals surface area contributed by atoms with E-state index in [9.17, 15) is 24.3 Å². The van der Waals surface area contributed by atoms with E-state index in [4.69, 9.17) is 0 Å². The molecule has 4 aliphatic carbocycles. The molecule has 0 aromatic carbocycles. The number of aliphatic carboxylic acids is 1. The molecule has 0 radical (unpaired) electrons. The van der Waals surface area contributed by atoms with Crippen molar-refractivity contribution in [2.75, 3.05) is 13.1 Å². The molecule has 1 aliphatic heterocycles. The van der Waals surface area contributed by atoms with Gasteiger partial charge in [-0.1, -0.05) is 0 Å². The number of nitrogens with zero attached hydrogens (tertiary/aromatic N) is 2. The van der Waals surface area contributed by atoms with Crippen molar-refractivity contribution in [2.45, 2.75) is 88.1 Å². The summed E-state index contributed by atoms with van der Waals surface area (Å²) >= 11 is 0. The Hall–Kier alpha value is -2.91. The third kappa shape index (κ3) is 5.27. The summed E-state index contributed by atoms with van der Waals surface area (Å²) in [7, 11) is 0. The number of carbonyl (C=O) groups excluding carboxylic acids is 3. The van der Waals surface area contributed by atoms with E-state index in [1.54, 1.807) is 0 Å². The molecule has 4 N–H and O–H groups in total. The highest BCUT2D eigenvalue weighted by molar-refractivity contribution is 5.92. The molecule has 2 unspecified atom stereocenters. The van der Waals surface area contributed by atoms with Crippen LogP contribution in [0.2, 0.25) is 0 Å². The van der Waals surface area contributed by atoms with Gasteiger partial charge >= 0.3 is 12.0 Å². The quantitative estimate of drug-likeness (QED) is 0.364. The Balaban J connectivity index is 1.09. The summed E-state index contributed by atoms with van der Waals surface area (Å²) in [6.07, 6.45) is 11.9. The van der Waals surface area contributed by atoms with E-state index in [1.165, 1.54) is 36.7 Å². The molecule has 1 aromatic heterocycles. The Morgan fingerprint density at radius 3 is 2.44 bits per heavy atom. The molecule has 2 heterocycles. The van der Waals surface area contributed by atoms with Crippen LogP contribution in [-0.2, 0) is 14.4 Å². The summed E-state index contributed by atoms with van der Waals surface area (Å²) in [5.41, 5.74) is 0.466. The van der Waals surface area contributed by atoms with E-state index >= 15 is 0 Å². The molecule has 0 spiro atoms. The number of carboxylic acid groups (broad SMARTS) is 1. The fourth-order valence-electron chi connectivity index (χ4n) is 7.64. The number of Topliss-reactive ketones (excluding diaryl/α,β-unsaturated/α-hetero) is 1. The number of hydrogen-bond donors (Lipinski definition) is 4. The number of nitrogens with one attached hydrogen (secondary N) is 3. The van der Waals surface area contributed by atoms with E-state index < -0.39 is 17.9 Å². The number of carbonyl (C=O) groups is 4. The van der Waals surface area contributed by atoms with Crippen LogP contribution in [0.4, 0.5) is 4.79 Å². The lowest BCUT2D eigenvalue weighted by Gasteiger charge is -2.56. The average molecular weight is 500 g/mol. The van der Waals surface area contributed by atoms with Crippen molar-refractivity contribution in [1.82, 2.24) is 25.5 Å². The van der Waals surface area contributed by atoms with E-state index in [-0.39, 0.29) is 36.1 Å². The number of H-pyrrole nitrogens is 1. The van der Waals surface area contributed by atoms with Crippen molar-refractivity contribution in [2.24, 2.45) is 17.8 Å². The normalized spacial score (nSPS) is 31.3. The molecule has 1 aromatic rings. The number of hydrogen-bond acceptors (Lipinski definition) is 5. The minimum atomic E-state index is -1.02. The van der Waals surface area contributed by atoms with E-state index in [1.807, 2.05) is 0 Å². The van der Waals surface area contributed by atoms with Crippen molar-refractivity contribution >= 4 is 23.7 Å². The molecule has 4 bridgehead atoms. The summed E-state index contributed by atoms with van der Waals surface area (Å²) in [4.78, 5) is 58.4. The number of aromatic amines is 1. The number of carboxylic acids is 1. The highest BCUT2D eigenvalue weighted by Gasteiger charge is 2.51. The van der Waals surface area contributed by atoms with Gasteiger partial charge in [0, 0.05) is 43.4 Å². The molecular formula is C26H37N5O5. The molecule has 1 saturated heterocycles. The molecule has 3 amide bonds. The van der Waals surface area contributed by atoms with Gasteiger partial charge in [0.15, 0.2) is 0 Å². The lowest BCUT2D eigenvalue weighted by Crippen LogP contribution is -2.61. The highest BCUT2D eigenvalue weighted by atomic mass is 16.4. The Kier molecular flexibility index (Phi) is 7.03. The van der Waals surface area contributed by atoms with Gasteiger partial charge in [0.1, 0.15) is 11.8 Å². The second-order valence-corrected chi connectivity index (χ2v) is 11.5. The van der Waals surface area contributed by atoms with Crippen molar-refractivity contribution in [1.29, 1.82) is 0 Å². The number of amides is 3. The topological polar surface area (TPSA) is 144 Å². The maximum atomic E-state index is 13.2. The molecule has 4 saturated carbocycles. The minimum absolute atomic E-state index is 0.0245. The van der Waals surface area contributed by atoms with Crippen LogP contribution >= 0.6 is 0 Å². The lowest BCUT2D eigenvalue weighted by molar-refractivity contribution is -0.149. The predicted octanol–water partition coefficient (Wildman–Crippen LogP) is 2.58. The Morgan fingerprint density at radius 2 is 1.83 bits per heavy atom. The smallest absolute Gasteiger partial charge is 0.326 e. The van der Waals surface area contributed by atoms with Gasteiger partial charge in [-0.2, -0.15) is 0 Å². The van der Waals surface area contributed by atoms with Crippen molar-refractivity contribution < 1.29 is 24.3 Å². The lowest BCUT2D eigenvalue weighted by atomic mass is 9.53. The van der Waals surface area contributed by atoms with Crippen LogP contribution in [-0.4, -0.2) is 68.3 Å². The minimum Gasteiger partial charge on any atom is -0.480 e. The fraction of sp³-hybridized carbons (Fsp3) is 0.731. The maximum absolute atomic E-state index is 13.2. The van der Waals surface area contributed by atoms with E-state index in [0.717, 1.165) is 37.0 Å². The van der Waals surface area contributed by atoms with Crippen LogP contribution in [0, 0.1) is 17.8 Å². The van der Waals surface area contributed by atoms with E-state index in [0.29, 0.717) is 38.0 Å². The second-order valence-electron chi connectivity index (χ2n) is 11.5. The van der Waals surface area contributed by atoms with Gasteiger partial charge in [0.2, 0.25) is 5.91 Å². The van der Waals surface area contributed by atoms with Crippen molar-refractivity contribution in [3.05, 3.63) is 18.2 Å². The summed E-state index contributed by atoms with van der Waals surface area (Å²) in [6, 6.07) is -1.00. The van der Waals surface area contributed by atoms with Gasteiger partial charge in [0.25, 0.3) is 0 Å². The first kappa shape index (κ1) is 24.8.